The van der Waals surface area contributed by atoms with Crippen LogP contribution in [-0.2, 0) is 11.3 Å². The van der Waals surface area contributed by atoms with E-state index in [0.29, 0.717) is 17.6 Å². The lowest BCUT2D eigenvalue weighted by molar-refractivity contribution is -0.131. The van der Waals surface area contributed by atoms with Crippen LogP contribution in [0.25, 0.3) is 11.0 Å². The van der Waals surface area contributed by atoms with Crippen molar-refractivity contribution in [3.63, 3.8) is 0 Å². The maximum absolute atomic E-state index is 12.2. The molecule has 2 rings (SSSR count). The van der Waals surface area contributed by atoms with Gasteiger partial charge < -0.3 is 15.0 Å². The van der Waals surface area contributed by atoms with Crippen molar-refractivity contribution >= 4 is 16.9 Å². The molecule has 0 radical (unpaired) electrons. The fourth-order valence-electron chi connectivity index (χ4n) is 2.09. The fourth-order valence-corrected chi connectivity index (χ4v) is 2.09. The molecule has 2 N–H and O–H groups in total. The molecule has 0 atom stereocenters. The number of aliphatic hydroxyl groups excluding tert-OH is 1. The molecule has 20 heavy (non-hydrogen) atoms. The third-order valence-electron chi connectivity index (χ3n) is 3.05. The molecular formula is C14H17N3O3. The zero-order valence-electron chi connectivity index (χ0n) is 11.1. The number of fused-ring (bicyclic) bond motifs is 1. The van der Waals surface area contributed by atoms with Crippen molar-refractivity contribution < 1.29 is 9.90 Å². The summed E-state index contributed by atoms with van der Waals surface area (Å²) in [6.45, 7) is 3.97. The van der Waals surface area contributed by atoms with Gasteiger partial charge in [0.05, 0.1) is 17.6 Å². The highest BCUT2D eigenvalue weighted by atomic mass is 16.3. The van der Waals surface area contributed by atoms with Crippen LogP contribution in [0.1, 0.15) is 0 Å². The van der Waals surface area contributed by atoms with Crippen LogP contribution in [0.3, 0.4) is 0 Å². The van der Waals surface area contributed by atoms with Crippen molar-refractivity contribution in [3.05, 3.63) is 47.4 Å². The normalized spacial score (nSPS) is 10.7. The van der Waals surface area contributed by atoms with Crippen molar-refractivity contribution in [2.45, 2.75) is 6.54 Å². The summed E-state index contributed by atoms with van der Waals surface area (Å²) in [5.74, 6) is -0.231. The third kappa shape index (κ3) is 2.80. The second kappa shape index (κ2) is 6.21. The number of carbonyl (C=O) groups is 1. The minimum atomic E-state index is -0.317. The number of nitrogens with zero attached hydrogens (tertiary/aromatic N) is 2. The standard InChI is InChI=1S/C14H17N3O3/c1-2-7-16(8-9-18)13(19)10-17-12-6-4-3-5-11(12)15-14(17)20/h2-6,18H,1,7-10H2,(H,15,20). The topological polar surface area (TPSA) is 78.3 Å². The number of benzene rings is 1. The van der Waals surface area contributed by atoms with Gasteiger partial charge in [0.15, 0.2) is 0 Å². The van der Waals surface area contributed by atoms with Gasteiger partial charge in [0.2, 0.25) is 5.91 Å². The first-order chi connectivity index (χ1) is 9.67. The summed E-state index contributed by atoms with van der Waals surface area (Å²) >= 11 is 0. The predicted molar refractivity (Wildman–Crippen MR) is 76.4 cm³/mol. The van der Waals surface area contributed by atoms with Gasteiger partial charge in [-0.2, -0.15) is 0 Å². The summed E-state index contributed by atoms with van der Waals surface area (Å²) in [5.41, 5.74) is 1.07. The Morgan fingerprint density at radius 1 is 1.45 bits per heavy atom. The summed E-state index contributed by atoms with van der Waals surface area (Å²) in [6.07, 6.45) is 1.59. The van der Waals surface area contributed by atoms with E-state index < -0.39 is 0 Å². The van der Waals surface area contributed by atoms with Crippen molar-refractivity contribution in [3.8, 4) is 0 Å². The van der Waals surface area contributed by atoms with Gasteiger partial charge in [-0.1, -0.05) is 18.2 Å². The van der Waals surface area contributed by atoms with Crippen LogP contribution >= 0.6 is 0 Å². The molecule has 1 heterocycles. The number of aromatic amines is 1. The number of para-hydroxylation sites is 2. The molecule has 0 aliphatic carbocycles. The fraction of sp³-hybridized carbons (Fsp3) is 0.286. The maximum atomic E-state index is 12.2. The summed E-state index contributed by atoms with van der Waals surface area (Å²) in [6, 6.07) is 7.20. The van der Waals surface area contributed by atoms with Crippen LogP contribution < -0.4 is 5.69 Å². The maximum Gasteiger partial charge on any atom is 0.326 e. The van der Waals surface area contributed by atoms with E-state index in [0.717, 1.165) is 0 Å². The number of hydrogen-bond acceptors (Lipinski definition) is 3. The highest BCUT2D eigenvalue weighted by molar-refractivity contribution is 5.80. The molecule has 1 aromatic carbocycles. The van der Waals surface area contributed by atoms with E-state index in [9.17, 15) is 9.59 Å². The molecule has 106 valence electrons. The van der Waals surface area contributed by atoms with Crippen LogP contribution in [-0.4, -0.2) is 45.2 Å². The number of aromatic nitrogens is 2. The number of amides is 1. The van der Waals surface area contributed by atoms with E-state index in [2.05, 4.69) is 11.6 Å². The first-order valence-electron chi connectivity index (χ1n) is 6.34. The van der Waals surface area contributed by atoms with Crippen LogP contribution in [0.2, 0.25) is 0 Å². The Morgan fingerprint density at radius 3 is 2.90 bits per heavy atom. The van der Waals surface area contributed by atoms with Crippen LogP contribution in [0.15, 0.2) is 41.7 Å². The Hall–Kier alpha value is -2.34. The van der Waals surface area contributed by atoms with Gasteiger partial charge in [-0.05, 0) is 12.1 Å². The minimum Gasteiger partial charge on any atom is -0.395 e. The Kier molecular flexibility index (Phi) is 4.37. The molecule has 0 aliphatic heterocycles. The van der Waals surface area contributed by atoms with Gasteiger partial charge in [-0.25, -0.2) is 4.79 Å². The van der Waals surface area contributed by atoms with Gasteiger partial charge in [0, 0.05) is 13.1 Å². The average molecular weight is 275 g/mol. The Morgan fingerprint density at radius 2 is 2.20 bits per heavy atom. The Bertz CT molecular complexity index is 672. The van der Waals surface area contributed by atoms with E-state index in [1.807, 2.05) is 12.1 Å². The van der Waals surface area contributed by atoms with E-state index in [1.54, 1.807) is 18.2 Å². The van der Waals surface area contributed by atoms with Crippen molar-refractivity contribution in [1.29, 1.82) is 0 Å². The molecule has 6 heteroatoms. The Balaban J connectivity index is 2.27. The van der Waals surface area contributed by atoms with Crippen LogP contribution in [0.4, 0.5) is 0 Å². The van der Waals surface area contributed by atoms with Crippen molar-refractivity contribution in [2.24, 2.45) is 0 Å². The van der Waals surface area contributed by atoms with E-state index in [4.69, 9.17) is 5.11 Å². The predicted octanol–water partition coefficient (Wildman–Crippen LogP) is 0.336. The zero-order valence-corrected chi connectivity index (χ0v) is 11.1. The lowest BCUT2D eigenvalue weighted by Crippen LogP contribution is -2.37. The van der Waals surface area contributed by atoms with Crippen molar-refractivity contribution in [1.82, 2.24) is 14.5 Å². The van der Waals surface area contributed by atoms with Crippen molar-refractivity contribution in [2.75, 3.05) is 19.7 Å². The highest BCUT2D eigenvalue weighted by Crippen LogP contribution is 2.09. The largest absolute Gasteiger partial charge is 0.395 e. The molecular weight excluding hydrogens is 258 g/mol. The molecule has 0 unspecified atom stereocenters. The van der Waals surface area contributed by atoms with Gasteiger partial charge in [-0.15, -0.1) is 6.58 Å². The second-order valence-corrected chi connectivity index (χ2v) is 4.39. The molecule has 6 nitrogen and oxygen atoms in total. The number of imidazole rings is 1. The number of carbonyl (C=O) groups excluding carboxylic acids is 1. The summed E-state index contributed by atoms with van der Waals surface area (Å²) in [4.78, 5) is 28.2. The minimum absolute atomic E-state index is 0.0588. The second-order valence-electron chi connectivity index (χ2n) is 4.39. The SMILES string of the molecule is C=CCN(CCO)C(=O)Cn1c(=O)[nH]c2ccccc21. The first-order valence-corrected chi connectivity index (χ1v) is 6.34. The summed E-state index contributed by atoms with van der Waals surface area (Å²) in [7, 11) is 0. The van der Waals surface area contributed by atoms with Gasteiger partial charge >= 0.3 is 5.69 Å². The molecule has 0 aliphatic rings. The quantitative estimate of drug-likeness (QED) is 0.746. The molecule has 0 saturated heterocycles. The number of H-pyrrole nitrogens is 1. The van der Waals surface area contributed by atoms with Crippen LogP contribution in [0.5, 0.6) is 0 Å². The smallest absolute Gasteiger partial charge is 0.326 e. The van der Waals surface area contributed by atoms with Gasteiger partial charge in [0.25, 0.3) is 0 Å². The number of hydrogen-bond donors (Lipinski definition) is 2. The lowest BCUT2D eigenvalue weighted by Gasteiger charge is -2.20. The molecule has 0 fully saturated rings. The zero-order chi connectivity index (χ0) is 14.5. The molecule has 0 saturated carbocycles. The Labute approximate surface area is 115 Å². The van der Waals surface area contributed by atoms with E-state index >= 15 is 0 Å². The lowest BCUT2D eigenvalue weighted by atomic mass is 10.3. The van der Waals surface area contributed by atoms with Gasteiger partial charge in [0.1, 0.15) is 6.54 Å². The molecule has 1 amide bonds. The number of nitrogens with one attached hydrogen (secondary N) is 1. The average Bonchev–Trinajstić information content (AvgIpc) is 2.75. The summed E-state index contributed by atoms with van der Waals surface area (Å²) in [5, 5.41) is 8.96. The number of aliphatic hydroxyl groups is 1. The molecule has 2 aromatic rings. The van der Waals surface area contributed by atoms with E-state index in [1.165, 1.54) is 9.47 Å². The molecule has 0 spiro atoms. The summed E-state index contributed by atoms with van der Waals surface area (Å²) < 4.78 is 1.39. The van der Waals surface area contributed by atoms with Gasteiger partial charge in [-0.3, -0.25) is 9.36 Å². The number of rotatable bonds is 6. The third-order valence-corrected chi connectivity index (χ3v) is 3.05. The van der Waals surface area contributed by atoms with E-state index in [-0.39, 0.29) is 31.3 Å². The van der Waals surface area contributed by atoms with Crippen LogP contribution in [0, 0.1) is 0 Å². The first kappa shape index (κ1) is 14.1. The molecule has 1 aromatic heterocycles. The highest BCUT2D eigenvalue weighted by Gasteiger charge is 2.15. The molecule has 0 bridgehead atoms. The monoisotopic (exact) mass is 275 g/mol.